The molecule has 88 valence electrons. The van der Waals surface area contributed by atoms with Gasteiger partial charge in [-0.05, 0) is 44.5 Å². The number of hydrogen-bond acceptors (Lipinski definition) is 3. The molecule has 0 aromatic rings. The van der Waals surface area contributed by atoms with Crippen molar-refractivity contribution in [3.8, 4) is 0 Å². The van der Waals surface area contributed by atoms with Crippen molar-refractivity contribution in [1.29, 1.82) is 0 Å². The molecule has 0 aliphatic carbocycles. The quantitative estimate of drug-likeness (QED) is 0.795. The van der Waals surface area contributed by atoms with Crippen molar-refractivity contribution in [1.82, 2.24) is 10.2 Å². The minimum absolute atomic E-state index is 0.453. The number of nitrogens with zero attached hydrogens (tertiary/aromatic N) is 1. The van der Waals surface area contributed by atoms with Gasteiger partial charge in [-0.1, -0.05) is 6.92 Å². The molecule has 2 fully saturated rings. The fourth-order valence-electron chi connectivity index (χ4n) is 2.80. The van der Waals surface area contributed by atoms with E-state index in [-0.39, 0.29) is 0 Å². The molecule has 0 spiro atoms. The van der Waals surface area contributed by atoms with E-state index in [0.717, 1.165) is 0 Å². The summed E-state index contributed by atoms with van der Waals surface area (Å²) in [4.78, 5) is 2.68. The van der Waals surface area contributed by atoms with Crippen LogP contribution in [-0.4, -0.2) is 48.1 Å². The van der Waals surface area contributed by atoms with Gasteiger partial charge in [0.25, 0.3) is 0 Å². The van der Waals surface area contributed by atoms with E-state index in [4.69, 9.17) is 0 Å². The van der Waals surface area contributed by atoms with Crippen molar-refractivity contribution >= 4 is 11.8 Å². The summed E-state index contributed by atoms with van der Waals surface area (Å²) in [5, 5.41) is 3.74. The molecule has 2 heterocycles. The van der Waals surface area contributed by atoms with Crippen LogP contribution in [0, 0.1) is 0 Å². The SMILES string of the molecule is CCC1(CN2CCCSCC2)CCCN1. The Kier molecular flexibility index (Phi) is 4.35. The first kappa shape index (κ1) is 11.7. The van der Waals surface area contributed by atoms with Crippen LogP contribution < -0.4 is 5.32 Å². The van der Waals surface area contributed by atoms with Crippen molar-refractivity contribution in [2.45, 2.75) is 38.1 Å². The summed E-state index contributed by atoms with van der Waals surface area (Å²) < 4.78 is 0. The van der Waals surface area contributed by atoms with E-state index in [9.17, 15) is 0 Å². The number of nitrogens with one attached hydrogen (secondary N) is 1. The number of hydrogen-bond donors (Lipinski definition) is 1. The summed E-state index contributed by atoms with van der Waals surface area (Å²) >= 11 is 2.12. The number of rotatable bonds is 3. The molecule has 2 nitrogen and oxygen atoms in total. The normalized spacial score (nSPS) is 34.2. The van der Waals surface area contributed by atoms with Gasteiger partial charge in [-0.25, -0.2) is 0 Å². The molecule has 2 aliphatic rings. The smallest absolute Gasteiger partial charge is 0.0306 e. The maximum atomic E-state index is 3.74. The van der Waals surface area contributed by atoms with Crippen LogP contribution in [0.15, 0.2) is 0 Å². The fourth-order valence-corrected chi connectivity index (χ4v) is 3.73. The Morgan fingerprint density at radius 1 is 1.27 bits per heavy atom. The third kappa shape index (κ3) is 3.11. The van der Waals surface area contributed by atoms with Gasteiger partial charge in [0.2, 0.25) is 0 Å². The third-order valence-electron chi connectivity index (χ3n) is 3.85. The molecule has 1 unspecified atom stereocenters. The molecule has 0 bridgehead atoms. The lowest BCUT2D eigenvalue weighted by molar-refractivity contribution is 0.199. The molecule has 1 atom stereocenters. The summed E-state index contributed by atoms with van der Waals surface area (Å²) in [6, 6.07) is 0. The molecule has 2 aliphatic heterocycles. The highest BCUT2D eigenvalue weighted by atomic mass is 32.2. The minimum atomic E-state index is 0.453. The van der Waals surface area contributed by atoms with E-state index in [1.807, 2.05) is 0 Å². The largest absolute Gasteiger partial charge is 0.310 e. The van der Waals surface area contributed by atoms with Crippen LogP contribution in [0.2, 0.25) is 0 Å². The van der Waals surface area contributed by atoms with Gasteiger partial charge in [0.05, 0.1) is 0 Å². The first-order valence-electron chi connectivity index (χ1n) is 6.40. The summed E-state index contributed by atoms with van der Waals surface area (Å²) in [6.07, 6.45) is 5.42. The zero-order chi connectivity index (χ0) is 10.6. The number of thioether (sulfide) groups is 1. The van der Waals surface area contributed by atoms with Gasteiger partial charge < -0.3 is 10.2 Å². The Morgan fingerprint density at radius 2 is 2.20 bits per heavy atom. The zero-order valence-electron chi connectivity index (χ0n) is 9.93. The molecule has 0 saturated carbocycles. The minimum Gasteiger partial charge on any atom is -0.310 e. The maximum Gasteiger partial charge on any atom is 0.0306 e. The Hall–Kier alpha value is 0.270. The Balaban J connectivity index is 1.87. The Bertz CT molecular complexity index is 182. The molecular formula is C12H24N2S. The summed E-state index contributed by atoms with van der Waals surface area (Å²) in [7, 11) is 0. The van der Waals surface area contributed by atoms with E-state index in [2.05, 4.69) is 28.9 Å². The van der Waals surface area contributed by atoms with Gasteiger partial charge in [0.1, 0.15) is 0 Å². The van der Waals surface area contributed by atoms with Crippen LogP contribution in [0.25, 0.3) is 0 Å². The van der Waals surface area contributed by atoms with Crippen LogP contribution in [0.4, 0.5) is 0 Å². The Morgan fingerprint density at radius 3 is 2.93 bits per heavy atom. The second-order valence-electron chi connectivity index (χ2n) is 4.91. The molecule has 3 heteroatoms. The molecule has 15 heavy (non-hydrogen) atoms. The van der Waals surface area contributed by atoms with Gasteiger partial charge in [-0.2, -0.15) is 11.8 Å². The van der Waals surface area contributed by atoms with Gasteiger partial charge in [0.15, 0.2) is 0 Å². The van der Waals surface area contributed by atoms with Crippen molar-refractivity contribution in [2.75, 3.05) is 37.7 Å². The lowest BCUT2D eigenvalue weighted by Crippen LogP contribution is -2.50. The molecule has 0 aromatic heterocycles. The molecule has 2 saturated heterocycles. The molecule has 1 N–H and O–H groups in total. The second kappa shape index (κ2) is 5.55. The lowest BCUT2D eigenvalue weighted by Gasteiger charge is -2.34. The maximum absolute atomic E-state index is 3.74. The molecule has 0 amide bonds. The monoisotopic (exact) mass is 228 g/mol. The summed E-state index contributed by atoms with van der Waals surface area (Å²) in [5.74, 6) is 2.70. The van der Waals surface area contributed by atoms with Crippen molar-refractivity contribution in [2.24, 2.45) is 0 Å². The van der Waals surface area contributed by atoms with Gasteiger partial charge in [-0.3, -0.25) is 0 Å². The standard InChI is InChI=1S/C12H24N2S/c1-2-12(5-3-6-13-12)11-14-7-4-9-15-10-8-14/h13H,2-11H2,1H3. The molecule has 2 rings (SSSR count). The van der Waals surface area contributed by atoms with E-state index < -0.39 is 0 Å². The predicted octanol–water partition coefficient (Wildman–Crippen LogP) is 1.96. The highest BCUT2D eigenvalue weighted by molar-refractivity contribution is 7.99. The summed E-state index contributed by atoms with van der Waals surface area (Å²) in [5.41, 5.74) is 0.453. The van der Waals surface area contributed by atoms with Gasteiger partial charge in [-0.15, -0.1) is 0 Å². The topological polar surface area (TPSA) is 15.3 Å². The van der Waals surface area contributed by atoms with Gasteiger partial charge >= 0.3 is 0 Å². The zero-order valence-corrected chi connectivity index (χ0v) is 10.7. The third-order valence-corrected chi connectivity index (χ3v) is 4.90. The van der Waals surface area contributed by atoms with E-state index in [1.54, 1.807) is 0 Å². The highest BCUT2D eigenvalue weighted by Crippen LogP contribution is 2.25. The van der Waals surface area contributed by atoms with Crippen LogP contribution >= 0.6 is 11.8 Å². The highest BCUT2D eigenvalue weighted by Gasteiger charge is 2.33. The van der Waals surface area contributed by atoms with Crippen molar-refractivity contribution < 1.29 is 0 Å². The molecular weight excluding hydrogens is 204 g/mol. The fraction of sp³-hybridized carbons (Fsp3) is 1.00. The van der Waals surface area contributed by atoms with E-state index in [0.29, 0.717) is 5.54 Å². The first-order chi connectivity index (χ1) is 7.35. The molecule has 0 radical (unpaired) electrons. The average Bonchev–Trinajstić information content (AvgIpc) is 2.57. The molecule has 0 aromatic carbocycles. The van der Waals surface area contributed by atoms with Crippen molar-refractivity contribution in [3.63, 3.8) is 0 Å². The first-order valence-corrected chi connectivity index (χ1v) is 7.55. The van der Waals surface area contributed by atoms with Crippen LogP contribution in [0.1, 0.15) is 32.6 Å². The van der Waals surface area contributed by atoms with Crippen LogP contribution in [0.5, 0.6) is 0 Å². The van der Waals surface area contributed by atoms with E-state index in [1.165, 1.54) is 63.4 Å². The van der Waals surface area contributed by atoms with Gasteiger partial charge in [0, 0.05) is 24.4 Å². The van der Waals surface area contributed by atoms with Crippen molar-refractivity contribution in [3.05, 3.63) is 0 Å². The van der Waals surface area contributed by atoms with Crippen LogP contribution in [-0.2, 0) is 0 Å². The lowest BCUT2D eigenvalue weighted by atomic mass is 9.93. The van der Waals surface area contributed by atoms with E-state index >= 15 is 0 Å². The second-order valence-corrected chi connectivity index (χ2v) is 6.13. The van der Waals surface area contributed by atoms with Crippen LogP contribution in [0.3, 0.4) is 0 Å². The average molecular weight is 228 g/mol. The predicted molar refractivity (Wildman–Crippen MR) is 68.6 cm³/mol. The summed E-state index contributed by atoms with van der Waals surface area (Å²) in [6.45, 7) is 7.47. The Labute approximate surface area is 98.2 Å².